The molecule has 4 heteroatoms. The zero-order valence-corrected chi connectivity index (χ0v) is 12.7. The lowest BCUT2D eigenvalue weighted by Gasteiger charge is -2.22. The summed E-state index contributed by atoms with van der Waals surface area (Å²) in [5, 5.41) is 2.62. The van der Waals surface area contributed by atoms with Gasteiger partial charge < -0.3 is 16.0 Å². The molecular weight excluding hydrogens is 262 g/mol. The van der Waals surface area contributed by atoms with E-state index in [0.717, 1.165) is 17.8 Å². The zero-order chi connectivity index (χ0) is 15.4. The van der Waals surface area contributed by atoms with Gasteiger partial charge >= 0.3 is 0 Å². The predicted octanol–water partition coefficient (Wildman–Crippen LogP) is 2.96. The highest BCUT2D eigenvalue weighted by Crippen LogP contribution is 2.30. The number of hydrogen-bond donors (Lipinski definition) is 2. The fourth-order valence-corrected chi connectivity index (χ4v) is 2.21. The number of aryl methyl sites for hydroxylation is 1. The third-order valence-electron chi connectivity index (χ3n) is 3.61. The van der Waals surface area contributed by atoms with Crippen molar-refractivity contribution < 1.29 is 4.79 Å². The molecule has 0 radical (unpaired) electrons. The van der Waals surface area contributed by atoms with Gasteiger partial charge in [-0.05, 0) is 42.3 Å². The van der Waals surface area contributed by atoms with Gasteiger partial charge in [-0.3, -0.25) is 4.79 Å². The molecule has 0 spiro atoms. The Labute approximate surface area is 125 Å². The second kappa shape index (κ2) is 6.31. The Hall–Kier alpha value is -2.49. The molecule has 0 aliphatic rings. The summed E-state index contributed by atoms with van der Waals surface area (Å²) in [5.74, 6) is -0.119. The topological polar surface area (TPSA) is 58.4 Å². The number of amides is 1. The van der Waals surface area contributed by atoms with Gasteiger partial charge in [0.2, 0.25) is 0 Å². The smallest absolute Gasteiger partial charge is 0.251 e. The number of nitrogens with two attached hydrogens (primary N) is 1. The first-order valence-electron chi connectivity index (χ1n) is 7.01. The Bertz CT molecular complexity index is 635. The molecule has 0 saturated heterocycles. The average molecular weight is 283 g/mol. The predicted molar refractivity (Wildman–Crippen MR) is 88.1 cm³/mol. The van der Waals surface area contributed by atoms with Crippen LogP contribution in [-0.2, 0) is 6.42 Å². The molecule has 0 atom stereocenters. The van der Waals surface area contributed by atoms with Gasteiger partial charge in [-0.15, -0.1) is 0 Å². The van der Waals surface area contributed by atoms with Crippen molar-refractivity contribution in [1.29, 1.82) is 0 Å². The molecule has 0 aliphatic carbocycles. The number of nitrogens with zero attached hydrogens (tertiary/aromatic N) is 1. The van der Waals surface area contributed by atoms with Crippen LogP contribution >= 0.6 is 0 Å². The fourth-order valence-electron chi connectivity index (χ4n) is 2.21. The second-order valence-corrected chi connectivity index (χ2v) is 4.93. The van der Waals surface area contributed by atoms with Crippen molar-refractivity contribution in [3.63, 3.8) is 0 Å². The van der Waals surface area contributed by atoms with Crippen LogP contribution in [0.4, 0.5) is 17.1 Å². The van der Waals surface area contributed by atoms with E-state index in [9.17, 15) is 4.79 Å². The van der Waals surface area contributed by atoms with E-state index in [1.165, 1.54) is 5.56 Å². The van der Waals surface area contributed by atoms with E-state index in [0.29, 0.717) is 11.3 Å². The van der Waals surface area contributed by atoms with Crippen molar-refractivity contribution >= 4 is 23.0 Å². The Morgan fingerprint density at radius 1 is 1.19 bits per heavy atom. The van der Waals surface area contributed by atoms with Crippen molar-refractivity contribution in [2.45, 2.75) is 13.3 Å². The van der Waals surface area contributed by atoms with E-state index in [1.54, 1.807) is 19.2 Å². The van der Waals surface area contributed by atoms with E-state index in [2.05, 4.69) is 36.5 Å². The minimum atomic E-state index is -0.119. The number of anilines is 3. The van der Waals surface area contributed by atoms with Crippen LogP contribution in [0.3, 0.4) is 0 Å². The van der Waals surface area contributed by atoms with Gasteiger partial charge in [0.1, 0.15) is 0 Å². The summed E-state index contributed by atoms with van der Waals surface area (Å²) in [5.41, 5.74) is 10.4. The molecule has 1 amide bonds. The summed E-state index contributed by atoms with van der Waals surface area (Å²) in [6, 6.07) is 13.6. The quantitative estimate of drug-likeness (QED) is 0.848. The molecule has 0 heterocycles. The third kappa shape index (κ3) is 3.16. The van der Waals surface area contributed by atoms with Crippen LogP contribution in [0.15, 0.2) is 42.5 Å². The first kappa shape index (κ1) is 14.9. The van der Waals surface area contributed by atoms with Gasteiger partial charge in [-0.2, -0.15) is 0 Å². The van der Waals surface area contributed by atoms with Crippen molar-refractivity contribution in [2.75, 3.05) is 24.7 Å². The van der Waals surface area contributed by atoms with Gasteiger partial charge in [0.15, 0.2) is 0 Å². The van der Waals surface area contributed by atoms with Crippen LogP contribution < -0.4 is 16.0 Å². The minimum Gasteiger partial charge on any atom is -0.397 e. The van der Waals surface area contributed by atoms with E-state index in [-0.39, 0.29) is 5.91 Å². The van der Waals surface area contributed by atoms with E-state index >= 15 is 0 Å². The van der Waals surface area contributed by atoms with Crippen LogP contribution in [0, 0.1) is 0 Å². The maximum atomic E-state index is 11.7. The molecule has 0 fully saturated rings. The van der Waals surface area contributed by atoms with Crippen LogP contribution in [0.5, 0.6) is 0 Å². The van der Waals surface area contributed by atoms with Crippen molar-refractivity contribution in [3.05, 3.63) is 53.6 Å². The summed E-state index contributed by atoms with van der Waals surface area (Å²) in [4.78, 5) is 13.7. The molecule has 3 N–H and O–H groups in total. The number of carbonyl (C=O) groups is 1. The lowest BCUT2D eigenvalue weighted by molar-refractivity contribution is 0.0963. The number of hydrogen-bond acceptors (Lipinski definition) is 3. The van der Waals surface area contributed by atoms with Crippen molar-refractivity contribution in [3.8, 4) is 0 Å². The summed E-state index contributed by atoms with van der Waals surface area (Å²) < 4.78 is 0. The number of rotatable bonds is 4. The van der Waals surface area contributed by atoms with Crippen molar-refractivity contribution in [2.24, 2.45) is 0 Å². The Morgan fingerprint density at radius 2 is 1.86 bits per heavy atom. The summed E-state index contributed by atoms with van der Waals surface area (Å²) in [6.45, 7) is 2.13. The highest BCUT2D eigenvalue weighted by molar-refractivity contribution is 5.96. The van der Waals surface area contributed by atoms with Gasteiger partial charge in [-0.1, -0.05) is 19.1 Å². The molecule has 4 nitrogen and oxygen atoms in total. The molecule has 2 rings (SSSR count). The van der Waals surface area contributed by atoms with Crippen LogP contribution in [0.25, 0.3) is 0 Å². The lowest BCUT2D eigenvalue weighted by atomic mass is 10.1. The molecule has 2 aromatic carbocycles. The molecule has 0 aromatic heterocycles. The van der Waals surface area contributed by atoms with E-state index < -0.39 is 0 Å². The molecule has 0 aliphatic heterocycles. The largest absolute Gasteiger partial charge is 0.397 e. The maximum absolute atomic E-state index is 11.7. The van der Waals surface area contributed by atoms with E-state index in [1.807, 2.05) is 18.0 Å². The Morgan fingerprint density at radius 3 is 2.43 bits per heavy atom. The molecule has 0 bridgehead atoms. The van der Waals surface area contributed by atoms with E-state index in [4.69, 9.17) is 5.73 Å². The SMILES string of the molecule is CCc1ccc(N(C)c2cc(C(=O)NC)ccc2N)cc1. The first-order valence-corrected chi connectivity index (χ1v) is 7.01. The number of nitrogens with one attached hydrogen (secondary N) is 1. The third-order valence-corrected chi connectivity index (χ3v) is 3.61. The Kier molecular flexibility index (Phi) is 4.48. The Balaban J connectivity index is 2.36. The maximum Gasteiger partial charge on any atom is 0.251 e. The number of benzene rings is 2. The number of nitrogen functional groups attached to an aromatic ring is 1. The lowest BCUT2D eigenvalue weighted by Crippen LogP contribution is -2.19. The average Bonchev–Trinajstić information content (AvgIpc) is 2.54. The van der Waals surface area contributed by atoms with Crippen molar-refractivity contribution in [1.82, 2.24) is 5.32 Å². The molecular formula is C17H21N3O. The number of carbonyl (C=O) groups excluding carboxylic acids is 1. The molecule has 21 heavy (non-hydrogen) atoms. The van der Waals surface area contributed by atoms with Crippen LogP contribution in [-0.4, -0.2) is 20.0 Å². The van der Waals surface area contributed by atoms with Gasteiger partial charge in [0, 0.05) is 25.3 Å². The minimum absolute atomic E-state index is 0.119. The molecule has 0 unspecified atom stereocenters. The van der Waals surface area contributed by atoms with Gasteiger partial charge in [-0.25, -0.2) is 0 Å². The van der Waals surface area contributed by atoms with Gasteiger partial charge in [0.25, 0.3) is 5.91 Å². The normalized spacial score (nSPS) is 10.2. The molecule has 2 aromatic rings. The molecule has 110 valence electrons. The van der Waals surface area contributed by atoms with Crippen LogP contribution in [0.2, 0.25) is 0 Å². The second-order valence-electron chi connectivity index (χ2n) is 4.93. The highest BCUT2D eigenvalue weighted by atomic mass is 16.1. The highest BCUT2D eigenvalue weighted by Gasteiger charge is 2.11. The van der Waals surface area contributed by atoms with Crippen LogP contribution in [0.1, 0.15) is 22.8 Å². The monoisotopic (exact) mass is 283 g/mol. The molecule has 0 saturated carbocycles. The zero-order valence-electron chi connectivity index (χ0n) is 12.7. The standard InChI is InChI=1S/C17H21N3O/c1-4-12-5-8-14(9-6-12)20(3)16-11-13(17(21)19-2)7-10-15(16)18/h5-11H,4,18H2,1-3H3,(H,19,21). The first-order chi connectivity index (χ1) is 10.1. The van der Waals surface area contributed by atoms with Gasteiger partial charge in [0.05, 0.1) is 11.4 Å². The fraction of sp³-hybridized carbons (Fsp3) is 0.235. The summed E-state index contributed by atoms with van der Waals surface area (Å²) in [7, 11) is 3.56. The summed E-state index contributed by atoms with van der Waals surface area (Å²) in [6.07, 6.45) is 1.01. The summed E-state index contributed by atoms with van der Waals surface area (Å²) >= 11 is 0.